The fraction of sp³-hybridized carbons (Fsp3) is 0.375. The molecular formula is C16H19N3O2. The first-order chi connectivity index (χ1) is 10.0. The van der Waals surface area contributed by atoms with E-state index in [1.54, 1.807) is 18.2 Å². The van der Waals surface area contributed by atoms with Gasteiger partial charge in [-0.2, -0.15) is 0 Å². The SMILES string of the molecule is Cc1cc(N2CCN(C)CC2)nc2ccc(C(=O)O)cc12. The highest BCUT2D eigenvalue weighted by molar-refractivity contribution is 5.94. The number of aromatic nitrogens is 1. The quantitative estimate of drug-likeness (QED) is 0.914. The fourth-order valence-electron chi connectivity index (χ4n) is 2.71. The summed E-state index contributed by atoms with van der Waals surface area (Å²) < 4.78 is 0. The van der Waals surface area contributed by atoms with Crippen LogP contribution in [0.5, 0.6) is 0 Å². The zero-order valence-corrected chi connectivity index (χ0v) is 12.3. The van der Waals surface area contributed by atoms with E-state index in [-0.39, 0.29) is 0 Å². The van der Waals surface area contributed by atoms with E-state index in [4.69, 9.17) is 10.1 Å². The van der Waals surface area contributed by atoms with Crippen molar-refractivity contribution in [2.75, 3.05) is 38.1 Å². The van der Waals surface area contributed by atoms with Crippen molar-refractivity contribution in [3.63, 3.8) is 0 Å². The van der Waals surface area contributed by atoms with Crippen LogP contribution >= 0.6 is 0 Å². The van der Waals surface area contributed by atoms with Gasteiger partial charge in [0.25, 0.3) is 0 Å². The Morgan fingerprint density at radius 2 is 1.90 bits per heavy atom. The van der Waals surface area contributed by atoms with Gasteiger partial charge in [0.1, 0.15) is 5.82 Å². The molecule has 2 aromatic rings. The smallest absolute Gasteiger partial charge is 0.335 e. The Morgan fingerprint density at radius 3 is 2.57 bits per heavy atom. The zero-order valence-electron chi connectivity index (χ0n) is 12.3. The van der Waals surface area contributed by atoms with Crippen LogP contribution in [0.15, 0.2) is 24.3 Å². The van der Waals surface area contributed by atoms with Gasteiger partial charge in [-0.15, -0.1) is 0 Å². The fourth-order valence-corrected chi connectivity index (χ4v) is 2.71. The molecule has 5 heteroatoms. The molecule has 110 valence electrons. The molecule has 3 rings (SSSR count). The van der Waals surface area contributed by atoms with Crippen molar-refractivity contribution in [1.82, 2.24) is 9.88 Å². The van der Waals surface area contributed by atoms with Crippen LogP contribution < -0.4 is 4.90 Å². The minimum atomic E-state index is -0.903. The second-order valence-electron chi connectivity index (χ2n) is 5.62. The van der Waals surface area contributed by atoms with E-state index >= 15 is 0 Å². The number of aromatic carboxylic acids is 1. The Bertz CT molecular complexity index is 691. The minimum Gasteiger partial charge on any atom is -0.478 e. The Labute approximate surface area is 123 Å². The standard InChI is InChI=1S/C16H19N3O2/c1-11-9-15(19-7-5-18(2)6-8-19)17-14-4-3-12(16(20)21)10-13(11)14/h3-4,9-10H,5-8H2,1-2H3,(H,20,21). The average molecular weight is 285 g/mol. The molecule has 0 radical (unpaired) electrons. The van der Waals surface area contributed by atoms with Crippen LogP contribution in [0, 0.1) is 6.92 Å². The number of pyridine rings is 1. The highest BCUT2D eigenvalue weighted by Gasteiger charge is 2.16. The first-order valence-electron chi connectivity index (χ1n) is 7.13. The topological polar surface area (TPSA) is 56.7 Å². The molecule has 1 N–H and O–H groups in total. The molecule has 1 aromatic heterocycles. The Morgan fingerprint density at radius 1 is 1.19 bits per heavy atom. The third-order valence-electron chi connectivity index (χ3n) is 4.08. The lowest BCUT2D eigenvalue weighted by molar-refractivity contribution is 0.0697. The summed E-state index contributed by atoms with van der Waals surface area (Å²) in [6.07, 6.45) is 0. The number of carboxylic acid groups (broad SMARTS) is 1. The molecule has 1 aromatic carbocycles. The number of likely N-dealkylation sites (N-methyl/N-ethyl adjacent to an activating group) is 1. The van der Waals surface area contributed by atoms with Crippen LogP contribution in [0.4, 0.5) is 5.82 Å². The van der Waals surface area contributed by atoms with Crippen molar-refractivity contribution in [2.24, 2.45) is 0 Å². The number of aryl methyl sites for hydroxylation is 1. The maximum absolute atomic E-state index is 11.1. The number of rotatable bonds is 2. The molecule has 0 atom stereocenters. The first kappa shape index (κ1) is 13.8. The molecule has 21 heavy (non-hydrogen) atoms. The highest BCUT2D eigenvalue weighted by Crippen LogP contribution is 2.24. The molecule has 1 aliphatic heterocycles. The molecule has 2 heterocycles. The first-order valence-corrected chi connectivity index (χ1v) is 7.13. The van der Waals surface area contributed by atoms with Gasteiger partial charge < -0.3 is 14.9 Å². The van der Waals surface area contributed by atoms with E-state index in [0.717, 1.165) is 48.5 Å². The Balaban J connectivity index is 1.99. The number of fused-ring (bicyclic) bond motifs is 1. The number of nitrogens with zero attached hydrogens (tertiary/aromatic N) is 3. The lowest BCUT2D eigenvalue weighted by Gasteiger charge is -2.33. The third-order valence-corrected chi connectivity index (χ3v) is 4.08. The molecular weight excluding hydrogens is 266 g/mol. The van der Waals surface area contributed by atoms with Crippen molar-refractivity contribution < 1.29 is 9.90 Å². The summed E-state index contributed by atoms with van der Waals surface area (Å²) in [7, 11) is 2.13. The summed E-state index contributed by atoms with van der Waals surface area (Å²) in [6.45, 7) is 6.03. The Hall–Kier alpha value is -2.14. The summed E-state index contributed by atoms with van der Waals surface area (Å²) >= 11 is 0. The predicted octanol–water partition coefficient (Wildman–Crippen LogP) is 1.99. The zero-order chi connectivity index (χ0) is 15.0. The summed E-state index contributed by atoms with van der Waals surface area (Å²) in [6, 6.07) is 7.17. The van der Waals surface area contributed by atoms with E-state index in [9.17, 15) is 4.79 Å². The van der Waals surface area contributed by atoms with Crippen LogP contribution in [-0.2, 0) is 0 Å². The van der Waals surface area contributed by atoms with E-state index in [1.807, 2.05) is 6.92 Å². The maximum atomic E-state index is 11.1. The summed E-state index contributed by atoms with van der Waals surface area (Å²) in [5, 5.41) is 10.00. The van der Waals surface area contributed by atoms with Crippen LogP contribution in [0.25, 0.3) is 10.9 Å². The molecule has 0 amide bonds. The monoisotopic (exact) mass is 285 g/mol. The third kappa shape index (κ3) is 2.69. The van der Waals surface area contributed by atoms with Crippen LogP contribution in [0.1, 0.15) is 15.9 Å². The van der Waals surface area contributed by atoms with Gasteiger partial charge >= 0.3 is 5.97 Å². The number of hydrogen-bond donors (Lipinski definition) is 1. The molecule has 1 aliphatic rings. The molecule has 1 saturated heterocycles. The van der Waals surface area contributed by atoms with Crippen LogP contribution in [-0.4, -0.2) is 54.2 Å². The largest absolute Gasteiger partial charge is 0.478 e. The molecule has 0 unspecified atom stereocenters. The molecule has 1 fully saturated rings. The van der Waals surface area contributed by atoms with Crippen LogP contribution in [0.2, 0.25) is 0 Å². The van der Waals surface area contributed by atoms with Crippen molar-refractivity contribution in [3.05, 3.63) is 35.4 Å². The van der Waals surface area contributed by atoms with Gasteiger partial charge in [-0.3, -0.25) is 0 Å². The highest BCUT2D eigenvalue weighted by atomic mass is 16.4. The van der Waals surface area contributed by atoms with Gasteiger partial charge in [-0.1, -0.05) is 0 Å². The van der Waals surface area contributed by atoms with E-state index in [0.29, 0.717) is 5.56 Å². The van der Waals surface area contributed by atoms with Gasteiger partial charge in [-0.05, 0) is 43.8 Å². The van der Waals surface area contributed by atoms with Crippen molar-refractivity contribution in [2.45, 2.75) is 6.92 Å². The Kier molecular flexibility index (Phi) is 3.51. The lowest BCUT2D eigenvalue weighted by atomic mass is 10.1. The number of hydrogen-bond acceptors (Lipinski definition) is 4. The molecule has 0 saturated carbocycles. The molecule has 5 nitrogen and oxygen atoms in total. The number of anilines is 1. The van der Waals surface area contributed by atoms with Crippen molar-refractivity contribution in [3.8, 4) is 0 Å². The van der Waals surface area contributed by atoms with Crippen molar-refractivity contribution in [1.29, 1.82) is 0 Å². The van der Waals surface area contributed by atoms with Gasteiger partial charge in [0.2, 0.25) is 0 Å². The predicted molar refractivity (Wildman–Crippen MR) is 83.1 cm³/mol. The van der Waals surface area contributed by atoms with E-state index < -0.39 is 5.97 Å². The summed E-state index contributed by atoms with van der Waals surface area (Å²) in [4.78, 5) is 20.4. The number of piperazine rings is 1. The van der Waals surface area contributed by atoms with Crippen molar-refractivity contribution >= 4 is 22.7 Å². The summed E-state index contributed by atoms with van der Waals surface area (Å²) in [5.41, 5.74) is 2.23. The minimum absolute atomic E-state index is 0.305. The molecule has 0 aliphatic carbocycles. The van der Waals surface area contributed by atoms with E-state index in [1.165, 1.54) is 0 Å². The summed E-state index contributed by atoms with van der Waals surface area (Å²) in [5.74, 6) is 0.0793. The lowest BCUT2D eigenvalue weighted by Crippen LogP contribution is -2.44. The average Bonchev–Trinajstić information content (AvgIpc) is 2.47. The van der Waals surface area contributed by atoms with Gasteiger partial charge in [0.15, 0.2) is 0 Å². The molecule has 0 spiro atoms. The second-order valence-corrected chi connectivity index (χ2v) is 5.62. The number of carbonyl (C=O) groups is 1. The van der Waals surface area contributed by atoms with Gasteiger partial charge in [0.05, 0.1) is 11.1 Å². The number of carboxylic acids is 1. The maximum Gasteiger partial charge on any atom is 0.335 e. The van der Waals surface area contributed by atoms with Gasteiger partial charge in [-0.25, -0.2) is 9.78 Å². The van der Waals surface area contributed by atoms with Crippen LogP contribution in [0.3, 0.4) is 0 Å². The second kappa shape index (κ2) is 5.33. The van der Waals surface area contributed by atoms with Gasteiger partial charge in [0, 0.05) is 31.6 Å². The molecule has 0 bridgehead atoms. The normalized spacial score (nSPS) is 16.4. The number of benzene rings is 1. The van der Waals surface area contributed by atoms with E-state index in [2.05, 4.69) is 22.9 Å².